The average Bonchev–Trinajstić information content (AvgIpc) is 3.09. The number of nitrogens with one attached hydrogen (secondary N) is 1. The minimum atomic E-state index is 0.108. The number of aromatic nitrogens is 1. The lowest BCUT2D eigenvalue weighted by Gasteiger charge is -2.22. The maximum absolute atomic E-state index is 12.8. The van der Waals surface area contributed by atoms with Crippen LogP contribution in [0.25, 0.3) is 0 Å². The lowest BCUT2D eigenvalue weighted by atomic mass is 9.86. The highest BCUT2D eigenvalue weighted by molar-refractivity contribution is 6.29. The second-order valence-electron chi connectivity index (χ2n) is 8.78. The summed E-state index contributed by atoms with van der Waals surface area (Å²) in [4.78, 5) is 18.9. The highest BCUT2D eigenvalue weighted by atomic mass is 35.5. The molecule has 4 nitrogen and oxygen atoms in total. The predicted molar refractivity (Wildman–Crippen MR) is 109 cm³/mol. The second-order valence-corrected chi connectivity index (χ2v) is 9.17. The van der Waals surface area contributed by atoms with Gasteiger partial charge in [0.2, 0.25) is 0 Å². The zero-order valence-corrected chi connectivity index (χ0v) is 16.8. The van der Waals surface area contributed by atoms with E-state index in [4.69, 9.17) is 11.6 Å². The summed E-state index contributed by atoms with van der Waals surface area (Å²) in [6, 6.07) is 11.8. The molecule has 4 rings (SSSR count). The highest BCUT2D eigenvalue weighted by Crippen LogP contribution is 2.51. The summed E-state index contributed by atoms with van der Waals surface area (Å²) in [7, 11) is 0. The number of anilines is 1. The number of fused-ring (bicyclic) bond motifs is 1. The Labute approximate surface area is 165 Å². The average molecular weight is 384 g/mol. The Morgan fingerprint density at radius 3 is 2.37 bits per heavy atom. The van der Waals surface area contributed by atoms with Gasteiger partial charge >= 0.3 is 0 Å². The first-order chi connectivity index (χ1) is 12.8. The van der Waals surface area contributed by atoms with Crippen LogP contribution >= 0.6 is 11.6 Å². The van der Waals surface area contributed by atoms with Gasteiger partial charge in [0.15, 0.2) is 0 Å². The summed E-state index contributed by atoms with van der Waals surface area (Å²) < 4.78 is 0. The molecule has 5 heteroatoms. The molecule has 1 aliphatic carbocycles. The highest BCUT2D eigenvalue weighted by Gasteiger charge is 2.56. The van der Waals surface area contributed by atoms with Crippen molar-refractivity contribution >= 4 is 23.2 Å². The zero-order chi connectivity index (χ0) is 19.2. The topological polar surface area (TPSA) is 45.2 Å². The minimum Gasteiger partial charge on any atom is -0.383 e. The van der Waals surface area contributed by atoms with Crippen LogP contribution in [0.2, 0.25) is 5.15 Å². The van der Waals surface area contributed by atoms with Gasteiger partial charge in [0.1, 0.15) is 5.15 Å². The van der Waals surface area contributed by atoms with Gasteiger partial charge in [-0.3, -0.25) is 4.79 Å². The van der Waals surface area contributed by atoms with Crippen molar-refractivity contribution in [2.24, 2.45) is 17.8 Å². The number of piperidine rings is 1. The molecule has 0 radical (unpaired) electrons. The summed E-state index contributed by atoms with van der Waals surface area (Å²) in [6.45, 7) is 9.23. The molecule has 2 aliphatic rings. The lowest BCUT2D eigenvalue weighted by Crippen LogP contribution is -2.32. The van der Waals surface area contributed by atoms with Gasteiger partial charge in [0.05, 0.1) is 11.9 Å². The van der Waals surface area contributed by atoms with Gasteiger partial charge in [-0.2, -0.15) is 0 Å². The standard InChI is InChI=1S/C22H26ClN3O/c1-22(2,3)15-6-4-14(5-7-15)21(27)26-12-18-17(19(18)13-26)11-24-16-8-9-20(23)25-10-16/h4-10,17-19,24H,11-13H2,1-3H3. The maximum atomic E-state index is 12.8. The van der Waals surface area contributed by atoms with Crippen molar-refractivity contribution in [1.29, 1.82) is 0 Å². The van der Waals surface area contributed by atoms with Crippen LogP contribution in [0.4, 0.5) is 5.69 Å². The van der Waals surface area contributed by atoms with Gasteiger partial charge < -0.3 is 10.2 Å². The first-order valence-corrected chi connectivity index (χ1v) is 9.96. The molecule has 1 aromatic heterocycles. The SMILES string of the molecule is CC(C)(C)c1ccc(C(=O)N2CC3C(CNc4ccc(Cl)nc4)C3C2)cc1. The third-order valence-corrected chi connectivity index (χ3v) is 6.15. The number of hydrogen-bond donors (Lipinski definition) is 1. The monoisotopic (exact) mass is 383 g/mol. The van der Waals surface area contributed by atoms with Gasteiger partial charge in [-0.25, -0.2) is 4.98 Å². The van der Waals surface area contributed by atoms with E-state index in [2.05, 4.69) is 43.2 Å². The summed E-state index contributed by atoms with van der Waals surface area (Å²) in [5.41, 5.74) is 3.16. The molecule has 2 aromatic rings. The van der Waals surface area contributed by atoms with Gasteiger partial charge in [-0.15, -0.1) is 0 Å². The van der Waals surface area contributed by atoms with E-state index in [1.54, 1.807) is 12.3 Å². The number of hydrogen-bond acceptors (Lipinski definition) is 3. The smallest absolute Gasteiger partial charge is 0.253 e. The maximum Gasteiger partial charge on any atom is 0.253 e. The van der Waals surface area contributed by atoms with Crippen LogP contribution in [0.5, 0.6) is 0 Å². The second kappa shape index (κ2) is 6.83. The molecular weight excluding hydrogens is 358 g/mol. The van der Waals surface area contributed by atoms with Crippen LogP contribution in [0.15, 0.2) is 42.6 Å². The first-order valence-electron chi connectivity index (χ1n) is 9.58. The fourth-order valence-electron chi connectivity index (χ4n) is 4.13. The van der Waals surface area contributed by atoms with Gasteiger partial charge in [-0.05, 0) is 53.0 Å². The van der Waals surface area contributed by atoms with Gasteiger partial charge in [0.25, 0.3) is 5.91 Å². The summed E-state index contributed by atoms with van der Waals surface area (Å²) in [5.74, 6) is 2.05. The number of carbonyl (C=O) groups is 1. The molecule has 1 amide bonds. The Balaban J connectivity index is 1.29. The third kappa shape index (κ3) is 3.81. The molecule has 1 aromatic carbocycles. The van der Waals surface area contributed by atoms with E-state index in [9.17, 15) is 4.79 Å². The predicted octanol–water partition coefficient (Wildman–Crippen LogP) is 4.46. The number of benzene rings is 1. The van der Waals surface area contributed by atoms with E-state index < -0.39 is 0 Å². The Morgan fingerprint density at radius 2 is 1.81 bits per heavy atom. The van der Waals surface area contributed by atoms with Crippen LogP contribution in [-0.2, 0) is 5.41 Å². The van der Waals surface area contributed by atoms with Crippen LogP contribution < -0.4 is 5.32 Å². The number of pyridine rings is 1. The molecule has 1 saturated carbocycles. The van der Waals surface area contributed by atoms with E-state index in [0.717, 1.165) is 30.9 Å². The Morgan fingerprint density at radius 1 is 1.15 bits per heavy atom. The van der Waals surface area contributed by atoms with E-state index in [-0.39, 0.29) is 11.3 Å². The molecule has 1 N–H and O–H groups in total. The normalized spacial score (nSPS) is 23.9. The Kier molecular flexibility index (Phi) is 4.63. The summed E-state index contributed by atoms with van der Waals surface area (Å²) in [6.07, 6.45) is 1.76. The van der Waals surface area contributed by atoms with Crippen LogP contribution in [0.3, 0.4) is 0 Å². The zero-order valence-electron chi connectivity index (χ0n) is 16.1. The van der Waals surface area contributed by atoms with Crippen molar-refractivity contribution in [1.82, 2.24) is 9.88 Å². The fraction of sp³-hybridized carbons (Fsp3) is 0.455. The van der Waals surface area contributed by atoms with Crippen LogP contribution in [0, 0.1) is 17.8 Å². The van der Waals surface area contributed by atoms with E-state index in [0.29, 0.717) is 22.9 Å². The lowest BCUT2D eigenvalue weighted by molar-refractivity contribution is 0.0768. The van der Waals surface area contributed by atoms with Gasteiger partial charge in [-0.1, -0.05) is 44.5 Å². The van der Waals surface area contributed by atoms with Crippen LogP contribution in [-0.4, -0.2) is 35.4 Å². The molecular formula is C22H26ClN3O. The molecule has 0 bridgehead atoms. The number of halogens is 1. The van der Waals surface area contributed by atoms with Crippen molar-refractivity contribution in [3.8, 4) is 0 Å². The fourth-order valence-corrected chi connectivity index (χ4v) is 4.24. The quantitative estimate of drug-likeness (QED) is 0.792. The molecule has 2 fully saturated rings. The molecule has 142 valence electrons. The Hall–Kier alpha value is -2.07. The van der Waals surface area contributed by atoms with E-state index in [1.165, 1.54) is 5.56 Å². The Bertz CT molecular complexity index is 814. The molecule has 2 heterocycles. The third-order valence-electron chi connectivity index (χ3n) is 5.93. The molecule has 2 atom stereocenters. The molecule has 1 saturated heterocycles. The molecule has 2 unspecified atom stereocenters. The summed E-state index contributed by atoms with van der Waals surface area (Å²) in [5, 5.41) is 3.94. The van der Waals surface area contributed by atoms with E-state index in [1.807, 2.05) is 23.1 Å². The number of amides is 1. The summed E-state index contributed by atoms with van der Waals surface area (Å²) >= 11 is 5.82. The molecule has 1 aliphatic heterocycles. The van der Waals surface area contributed by atoms with Gasteiger partial charge in [0, 0.05) is 25.2 Å². The van der Waals surface area contributed by atoms with Crippen LogP contribution in [0.1, 0.15) is 36.7 Å². The number of carbonyl (C=O) groups excluding carboxylic acids is 1. The number of likely N-dealkylation sites (tertiary alicyclic amines) is 1. The van der Waals surface area contributed by atoms with E-state index >= 15 is 0 Å². The van der Waals surface area contributed by atoms with Crippen molar-refractivity contribution in [2.75, 3.05) is 25.0 Å². The van der Waals surface area contributed by atoms with Crippen molar-refractivity contribution in [2.45, 2.75) is 26.2 Å². The number of rotatable bonds is 4. The minimum absolute atomic E-state index is 0.108. The van der Waals surface area contributed by atoms with Crippen molar-refractivity contribution in [3.05, 3.63) is 58.9 Å². The van der Waals surface area contributed by atoms with Crippen molar-refractivity contribution in [3.63, 3.8) is 0 Å². The molecule has 0 spiro atoms. The number of nitrogens with zero attached hydrogens (tertiary/aromatic N) is 2. The largest absolute Gasteiger partial charge is 0.383 e. The molecule has 27 heavy (non-hydrogen) atoms. The first kappa shape index (κ1) is 18.3. The van der Waals surface area contributed by atoms with Crippen molar-refractivity contribution < 1.29 is 4.79 Å².